The summed E-state index contributed by atoms with van der Waals surface area (Å²) in [5, 5.41) is 0. The second kappa shape index (κ2) is 4.27. The maximum atomic E-state index is 6.27. The summed E-state index contributed by atoms with van der Waals surface area (Å²) in [6, 6.07) is 8.31. The van der Waals surface area contributed by atoms with Crippen LogP contribution in [0.3, 0.4) is 0 Å². The molecule has 4 rings (SSSR count). The standard InChI is InChI=1S/C16H22O3Si/c1-12(17-20(3,4)5)16-11-10-15(2,18-19-16)13-8-6-7-9-14(13)16/h6-12H,1-5H3/t12-,15-,16-/m1/s1. The van der Waals surface area contributed by atoms with E-state index in [4.69, 9.17) is 14.2 Å². The molecule has 20 heavy (non-hydrogen) atoms. The average molecular weight is 290 g/mol. The van der Waals surface area contributed by atoms with Crippen LogP contribution in [0.5, 0.6) is 0 Å². The molecule has 2 aliphatic heterocycles. The number of fused-ring (bicyclic) bond motifs is 1. The van der Waals surface area contributed by atoms with Crippen molar-refractivity contribution in [2.75, 3.05) is 0 Å². The van der Waals surface area contributed by atoms with Crippen LogP contribution in [-0.2, 0) is 25.4 Å². The van der Waals surface area contributed by atoms with Crippen LogP contribution < -0.4 is 0 Å². The Kier molecular flexibility index (Phi) is 3.00. The Morgan fingerprint density at radius 3 is 2.25 bits per heavy atom. The van der Waals surface area contributed by atoms with Crippen molar-refractivity contribution in [1.29, 1.82) is 0 Å². The number of benzene rings is 1. The van der Waals surface area contributed by atoms with Crippen LogP contribution in [0.15, 0.2) is 36.4 Å². The van der Waals surface area contributed by atoms with Gasteiger partial charge in [0.2, 0.25) is 0 Å². The lowest BCUT2D eigenvalue weighted by Gasteiger charge is -2.50. The topological polar surface area (TPSA) is 27.7 Å². The van der Waals surface area contributed by atoms with Crippen molar-refractivity contribution in [3.63, 3.8) is 0 Å². The molecule has 0 unspecified atom stereocenters. The molecular weight excluding hydrogens is 268 g/mol. The van der Waals surface area contributed by atoms with Gasteiger partial charge < -0.3 is 4.43 Å². The number of hydrogen-bond donors (Lipinski definition) is 0. The van der Waals surface area contributed by atoms with Gasteiger partial charge in [-0.05, 0) is 51.2 Å². The molecule has 1 aromatic rings. The van der Waals surface area contributed by atoms with Crippen LogP contribution >= 0.6 is 0 Å². The Hall–Kier alpha value is -0.943. The fourth-order valence-electron chi connectivity index (χ4n) is 3.06. The summed E-state index contributed by atoms with van der Waals surface area (Å²) in [6.45, 7) is 10.7. The first-order valence-electron chi connectivity index (χ1n) is 7.12. The molecule has 0 fully saturated rings. The molecule has 2 bridgehead atoms. The number of hydrogen-bond acceptors (Lipinski definition) is 3. The van der Waals surface area contributed by atoms with Crippen molar-refractivity contribution >= 4 is 8.32 Å². The Morgan fingerprint density at radius 1 is 1.05 bits per heavy atom. The summed E-state index contributed by atoms with van der Waals surface area (Å²) in [6.07, 6.45) is 4.10. The molecule has 2 heterocycles. The van der Waals surface area contributed by atoms with Gasteiger partial charge in [-0.15, -0.1) is 0 Å². The van der Waals surface area contributed by atoms with Gasteiger partial charge in [0.25, 0.3) is 0 Å². The smallest absolute Gasteiger partial charge is 0.184 e. The molecule has 1 aliphatic carbocycles. The summed E-state index contributed by atoms with van der Waals surface area (Å²) in [5.74, 6) is 0. The molecule has 0 saturated carbocycles. The van der Waals surface area contributed by atoms with Crippen molar-refractivity contribution in [2.24, 2.45) is 0 Å². The van der Waals surface area contributed by atoms with E-state index in [-0.39, 0.29) is 6.10 Å². The largest absolute Gasteiger partial charge is 0.411 e. The van der Waals surface area contributed by atoms with E-state index in [9.17, 15) is 0 Å². The molecule has 4 heteroatoms. The molecule has 3 nitrogen and oxygen atoms in total. The SMILES string of the molecule is C[C@@H](O[Si](C)(C)C)[C@@]12C=C[C@@](C)(OO1)c1ccccc12. The molecule has 0 spiro atoms. The first-order chi connectivity index (χ1) is 9.27. The zero-order valence-corrected chi connectivity index (χ0v) is 13.8. The number of rotatable bonds is 3. The Labute approximate surface area is 121 Å². The van der Waals surface area contributed by atoms with Crippen molar-refractivity contribution in [2.45, 2.75) is 50.8 Å². The lowest BCUT2D eigenvalue weighted by Crippen LogP contribution is -2.53. The van der Waals surface area contributed by atoms with Crippen LogP contribution in [0.25, 0.3) is 0 Å². The summed E-state index contributed by atoms with van der Waals surface area (Å²) < 4.78 is 6.27. The normalized spacial score (nSPS) is 33.0. The highest BCUT2D eigenvalue weighted by Crippen LogP contribution is 2.51. The molecule has 0 N–H and O–H groups in total. The molecule has 0 saturated heterocycles. The third kappa shape index (κ3) is 1.99. The summed E-state index contributed by atoms with van der Waals surface area (Å²) in [5.41, 5.74) is 1.20. The van der Waals surface area contributed by atoms with E-state index in [1.54, 1.807) is 0 Å². The van der Waals surface area contributed by atoms with E-state index < -0.39 is 19.5 Å². The Morgan fingerprint density at radius 2 is 1.70 bits per heavy atom. The van der Waals surface area contributed by atoms with Crippen molar-refractivity contribution in [3.05, 3.63) is 47.5 Å². The lowest BCUT2D eigenvalue weighted by atomic mass is 9.74. The third-order valence-corrected chi connectivity index (χ3v) is 5.08. The van der Waals surface area contributed by atoms with Crippen molar-refractivity contribution in [3.8, 4) is 0 Å². The highest BCUT2D eigenvalue weighted by Gasteiger charge is 2.53. The molecule has 3 atom stereocenters. The van der Waals surface area contributed by atoms with Crippen LogP contribution in [0.2, 0.25) is 19.6 Å². The van der Waals surface area contributed by atoms with E-state index in [0.717, 1.165) is 5.56 Å². The van der Waals surface area contributed by atoms with Gasteiger partial charge in [-0.1, -0.05) is 24.3 Å². The van der Waals surface area contributed by atoms with Crippen molar-refractivity contribution in [1.82, 2.24) is 0 Å². The molecule has 3 aliphatic rings. The Balaban J connectivity index is 2.08. The molecular formula is C16H22O3Si. The highest BCUT2D eigenvalue weighted by molar-refractivity contribution is 6.69. The van der Waals surface area contributed by atoms with Gasteiger partial charge in [-0.25, -0.2) is 9.78 Å². The Bertz CT molecular complexity index is 563. The zero-order chi connectivity index (χ0) is 14.6. The molecule has 108 valence electrons. The summed E-state index contributed by atoms with van der Waals surface area (Å²) in [4.78, 5) is 11.5. The molecule has 1 aromatic carbocycles. The third-order valence-electron chi connectivity index (χ3n) is 4.02. The quantitative estimate of drug-likeness (QED) is 0.480. The molecule has 0 radical (unpaired) electrons. The molecule has 0 aromatic heterocycles. The highest BCUT2D eigenvalue weighted by atomic mass is 28.4. The minimum atomic E-state index is -1.66. The fourth-order valence-corrected chi connectivity index (χ4v) is 4.30. The van der Waals surface area contributed by atoms with Crippen LogP contribution in [0, 0.1) is 0 Å². The average Bonchev–Trinajstić information content (AvgIpc) is 2.38. The van der Waals surface area contributed by atoms with Crippen LogP contribution in [0.1, 0.15) is 25.0 Å². The second-order valence-corrected chi connectivity index (χ2v) is 11.3. The predicted molar refractivity (Wildman–Crippen MR) is 80.7 cm³/mol. The van der Waals surface area contributed by atoms with Gasteiger partial charge in [0.05, 0.1) is 6.10 Å². The minimum Gasteiger partial charge on any atom is -0.411 e. The second-order valence-electron chi connectivity index (χ2n) is 6.82. The van der Waals surface area contributed by atoms with E-state index in [1.165, 1.54) is 5.56 Å². The lowest BCUT2D eigenvalue weighted by molar-refractivity contribution is -0.429. The van der Waals surface area contributed by atoms with Crippen LogP contribution in [0.4, 0.5) is 0 Å². The maximum Gasteiger partial charge on any atom is 0.184 e. The fraction of sp³-hybridized carbons (Fsp3) is 0.500. The first kappa shape index (κ1) is 14.0. The van der Waals surface area contributed by atoms with E-state index >= 15 is 0 Å². The van der Waals surface area contributed by atoms with Gasteiger partial charge >= 0.3 is 0 Å². The van der Waals surface area contributed by atoms with Gasteiger partial charge in [0.1, 0.15) is 5.60 Å². The van der Waals surface area contributed by atoms with E-state index in [1.807, 2.05) is 19.1 Å². The van der Waals surface area contributed by atoms with E-state index in [0.29, 0.717) is 0 Å². The van der Waals surface area contributed by atoms with Crippen LogP contribution in [-0.4, -0.2) is 14.4 Å². The van der Waals surface area contributed by atoms with Gasteiger partial charge in [0.15, 0.2) is 13.9 Å². The monoisotopic (exact) mass is 290 g/mol. The van der Waals surface area contributed by atoms with Crippen molar-refractivity contribution < 1.29 is 14.2 Å². The molecule has 0 amide bonds. The van der Waals surface area contributed by atoms with E-state index in [2.05, 4.69) is 50.8 Å². The minimum absolute atomic E-state index is 0.0867. The summed E-state index contributed by atoms with van der Waals surface area (Å²) >= 11 is 0. The predicted octanol–water partition coefficient (Wildman–Crippen LogP) is 3.87. The maximum absolute atomic E-state index is 6.27. The van der Waals surface area contributed by atoms with Gasteiger partial charge in [-0.2, -0.15) is 0 Å². The van der Waals surface area contributed by atoms with Gasteiger partial charge in [-0.3, -0.25) is 0 Å². The first-order valence-corrected chi connectivity index (χ1v) is 10.5. The van der Waals surface area contributed by atoms with Gasteiger partial charge in [0, 0.05) is 5.56 Å². The summed E-state index contributed by atoms with van der Waals surface area (Å²) in [7, 11) is -1.66. The zero-order valence-electron chi connectivity index (χ0n) is 12.8.